The maximum absolute atomic E-state index is 2.76. The Morgan fingerprint density at radius 1 is 1.35 bits per heavy atom. The molecule has 0 bridgehead atoms. The zero-order valence-corrected chi connectivity index (χ0v) is 14.3. The Morgan fingerprint density at radius 2 is 2.12 bits per heavy atom. The molecule has 2 rings (SSSR count). The lowest BCUT2D eigenvalue weighted by molar-refractivity contribution is 0.728. The van der Waals surface area contributed by atoms with Crippen LogP contribution in [-0.4, -0.2) is 22.0 Å². The zero-order chi connectivity index (χ0) is 12.4. The minimum atomic E-state index is 0.862. The highest BCUT2D eigenvalue weighted by molar-refractivity contribution is 7.46. The predicted molar refractivity (Wildman–Crippen MR) is 90.7 cm³/mol. The molecular formula is C11H18N2P4. The van der Waals surface area contributed by atoms with E-state index >= 15 is 0 Å². The second kappa shape index (κ2) is 6.06. The van der Waals surface area contributed by atoms with Crippen LogP contribution in [0.4, 0.5) is 0 Å². The second-order valence-electron chi connectivity index (χ2n) is 4.03. The smallest absolute Gasteiger partial charge is 0.0512 e. The second-order valence-corrected chi connectivity index (χ2v) is 7.59. The van der Waals surface area contributed by atoms with Crippen molar-refractivity contribution in [1.82, 2.24) is 8.78 Å². The van der Waals surface area contributed by atoms with E-state index in [-0.39, 0.29) is 0 Å². The van der Waals surface area contributed by atoms with Crippen LogP contribution in [0.25, 0.3) is 10.9 Å². The summed E-state index contributed by atoms with van der Waals surface area (Å²) < 4.78 is 4.21. The molecule has 0 fully saturated rings. The van der Waals surface area contributed by atoms with Gasteiger partial charge in [0.05, 0.1) is 5.52 Å². The summed E-state index contributed by atoms with van der Waals surface area (Å²) in [6, 6.07) is 6.78. The molecule has 0 saturated heterocycles. The maximum atomic E-state index is 2.76. The lowest BCUT2D eigenvalue weighted by Crippen LogP contribution is -2.02. The summed E-state index contributed by atoms with van der Waals surface area (Å²) in [4.78, 5) is 0. The molecule has 6 heteroatoms. The quantitative estimate of drug-likeness (QED) is 0.788. The Balaban J connectivity index is 2.40. The molecular weight excluding hydrogens is 284 g/mol. The minimum Gasteiger partial charge on any atom is -0.332 e. The van der Waals surface area contributed by atoms with Gasteiger partial charge in [0, 0.05) is 18.1 Å². The van der Waals surface area contributed by atoms with Crippen LogP contribution in [0.15, 0.2) is 24.4 Å². The van der Waals surface area contributed by atoms with Crippen LogP contribution in [0.3, 0.4) is 0 Å². The van der Waals surface area contributed by atoms with E-state index in [2.05, 4.69) is 68.0 Å². The molecule has 2 nitrogen and oxygen atoms in total. The number of benzene rings is 1. The van der Waals surface area contributed by atoms with E-state index in [0.717, 1.165) is 21.5 Å². The highest BCUT2D eigenvalue weighted by Gasteiger charge is 2.07. The highest BCUT2D eigenvalue weighted by atomic mass is 31.1. The first kappa shape index (κ1) is 13.9. The fraction of sp³-hybridized carbons (Fsp3) is 0.273. The molecule has 0 amide bonds. The molecule has 1 aromatic heterocycles. The molecule has 17 heavy (non-hydrogen) atoms. The summed E-state index contributed by atoms with van der Waals surface area (Å²) in [5.41, 5.74) is 2.72. The first-order valence-corrected chi connectivity index (χ1v) is 8.50. The van der Waals surface area contributed by atoms with Gasteiger partial charge < -0.3 is 4.34 Å². The lowest BCUT2D eigenvalue weighted by atomic mass is 10.1. The van der Waals surface area contributed by atoms with Gasteiger partial charge in [0.1, 0.15) is 0 Å². The monoisotopic (exact) mass is 302 g/mol. The Morgan fingerprint density at radius 3 is 2.76 bits per heavy atom. The third-order valence-corrected chi connectivity index (χ3v) is 4.68. The summed E-state index contributed by atoms with van der Waals surface area (Å²) in [6.07, 6.45) is 3.29. The van der Waals surface area contributed by atoms with Crippen LogP contribution in [-0.2, 0) is 6.42 Å². The van der Waals surface area contributed by atoms with Gasteiger partial charge in [-0.05, 0) is 45.5 Å². The first-order chi connectivity index (χ1) is 8.11. The van der Waals surface area contributed by atoms with E-state index in [4.69, 9.17) is 0 Å². The van der Waals surface area contributed by atoms with Crippen molar-refractivity contribution >= 4 is 53.0 Å². The largest absolute Gasteiger partial charge is 0.332 e. The van der Waals surface area contributed by atoms with E-state index in [0.29, 0.717) is 0 Å². The van der Waals surface area contributed by atoms with E-state index in [1.807, 2.05) is 0 Å². The zero-order valence-electron chi connectivity index (χ0n) is 9.85. The molecule has 0 aliphatic carbocycles. The summed E-state index contributed by atoms with van der Waals surface area (Å²) >= 11 is 0. The van der Waals surface area contributed by atoms with E-state index < -0.39 is 0 Å². The average molecular weight is 302 g/mol. The van der Waals surface area contributed by atoms with Gasteiger partial charge >= 0.3 is 0 Å². The molecule has 0 N–H and O–H groups in total. The topological polar surface area (TPSA) is 8.17 Å². The van der Waals surface area contributed by atoms with Gasteiger partial charge in [-0.2, -0.15) is 0 Å². The van der Waals surface area contributed by atoms with Gasteiger partial charge in [0.25, 0.3) is 0 Å². The molecule has 92 valence electrons. The standard InChI is InChI=1S/C11H18N2P4/c1-17-9-2-3-11-10(6-9)8(7-12(11)14)4-5-13(15)16/h2-3,6-7,17H,4-5,14-16H2,1H3. The van der Waals surface area contributed by atoms with Crippen molar-refractivity contribution < 1.29 is 0 Å². The minimum absolute atomic E-state index is 0.862. The summed E-state index contributed by atoms with van der Waals surface area (Å²) in [5.74, 6) is 0. The van der Waals surface area contributed by atoms with Crippen LogP contribution in [0, 0.1) is 0 Å². The molecule has 2 aromatic rings. The van der Waals surface area contributed by atoms with E-state index in [1.165, 1.54) is 21.8 Å². The third kappa shape index (κ3) is 3.26. The van der Waals surface area contributed by atoms with Crippen molar-refractivity contribution in [2.75, 3.05) is 13.2 Å². The molecule has 4 atom stereocenters. The van der Waals surface area contributed by atoms with Crippen molar-refractivity contribution in [1.29, 1.82) is 0 Å². The van der Waals surface area contributed by atoms with Crippen LogP contribution in [0.1, 0.15) is 5.56 Å². The molecule has 0 aliphatic heterocycles. The van der Waals surface area contributed by atoms with E-state index in [1.54, 1.807) is 0 Å². The number of hydrogen-bond donors (Lipinski definition) is 0. The van der Waals surface area contributed by atoms with Crippen molar-refractivity contribution in [2.45, 2.75) is 6.42 Å². The predicted octanol–water partition coefficient (Wildman–Crippen LogP) is 2.64. The highest BCUT2D eigenvalue weighted by Crippen LogP contribution is 2.25. The number of nitrogens with zero attached hydrogens (tertiary/aromatic N) is 2. The Labute approximate surface area is 111 Å². The molecule has 0 aliphatic rings. The third-order valence-electron chi connectivity index (χ3n) is 2.84. The number of rotatable bonds is 4. The number of hydrogen-bond acceptors (Lipinski definition) is 1. The van der Waals surface area contributed by atoms with Crippen molar-refractivity contribution in [3.8, 4) is 0 Å². The lowest BCUT2D eigenvalue weighted by Gasteiger charge is -2.07. The average Bonchev–Trinajstić information content (AvgIpc) is 2.63. The summed E-state index contributed by atoms with van der Waals surface area (Å²) in [7, 11) is 8.98. The van der Waals surface area contributed by atoms with Crippen LogP contribution >= 0.6 is 36.8 Å². The van der Waals surface area contributed by atoms with Crippen LogP contribution in [0.5, 0.6) is 0 Å². The normalized spacial score (nSPS) is 12.3. The van der Waals surface area contributed by atoms with Crippen LogP contribution in [0.2, 0.25) is 0 Å². The van der Waals surface area contributed by atoms with E-state index in [9.17, 15) is 0 Å². The van der Waals surface area contributed by atoms with Gasteiger partial charge in [-0.15, -0.1) is 0 Å². The number of fused-ring (bicyclic) bond motifs is 1. The molecule has 0 radical (unpaired) electrons. The molecule has 0 spiro atoms. The molecule has 0 saturated carbocycles. The van der Waals surface area contributed by atoms with Crippen LogP contribution < -0.4 is 5.30 Å². The van der Waals surface area contributed by atoms with Gasteiger partial charge in [-0.25, -0.2) is 0 Å². The fourth-order valence-corrected chi connectivity index (χ4v) is 3.13. The molecule has 1 heterocycles. The maximum Gasteiger partial charge on any atom is 0.0512 e. The SMILES string of the molecule is CPc1ccc2c(c1)c(CCN(P)P)cn2P. The number of aromatic nitrogens is 1. The van der Waals surface area contributed by atoms with Gasteiger partial charge in [0.2, 0.25) is 0 Å². The fourth-order valence-electron chi connectivity index (χ4n) is 1.93. The molecule has 4 unspecified atom stereocenters. The van der Waals surface area contributed by atoms with Gasteiger partial charge in [0.15, 0.2) is 0 Å². The van der Waals surface area contributed by atoms with Gasteiger partial charge in [-0.3, -0.25) is 4.44 Å². The Kier molecular flexibility index (Phi) is 4.94. The van der Waals surface area contributed by atoms with Crippen molar-refractivity contribution in [3.05, 3.63) is 30.0 Å². The Bertz CT molecular complexity index is 521. The Hall–Kier alpha value is 0.440. The first-order valence-electron chi connectivity index (χ1n) is 5.45. The summed E-state index contributed by atoms with van der Waals surface area (Å²) in [6.45, 7) is 3.25. The van der Waals surface area contributed by atoms with Crippen molar-refractivity contribution in [3.63, 3.8) is 0 Å². The molecule has 1 aromatic carbocycles. The van der Waals surface area contributed by atoms with Crippen molar-refractivity contribution in [2.24, 2.45) is 0 Å². The summed E-state index contributed by atoms with van der Waals surface area (Å²) in [5, 5.41) is 2.83. The van der Waals surface area contributed by atoms with Gasteiger partial charge in [-0.1, -0.05) is 33.4 Å².